The van der Waals surface area contributed by atoms with Gasteiger partial charge in [0.2, 0.25) is 5.91 Å². The van der Waals surface area contributed by atoms with Crippen molar-refractivity contribution in [1.82, 2.24) is 4.90 Å². The normalized spacial score (nSPS) is 29.1. The van der Waals surface area contributed by atoms with E-state index in [9.17, 15) is 9.59 Å². The Morgan fingerprint density at radius 1 is 1.69 bits per heavy atom. The molecule has 1 heterocycles. The molecular formula is C9H15NO3. The van der Waals surface area contributed by atoms with E-state index in [0.29, 0.717) is 25.8 Å². The van der Waals surface area contributed by atoms with E-state index >= 15 is 0 Å². The number of piperidine rings is 1. The Morgan fingerprint density at radius 2 is 2.31 bits per heavy atom. The molecule has 0 spiro atoms. The highest BCUT2D eigenvalue weighted by molar-refractivity contribution is 5.82. The molecule has 74 valence electrons. The van der Waals surface area contributed by atoms with Crippen LogP contribution in [0.5, 0.6) is 0 Å². The number of hydrogen-bond donors (Lipinski definition) is 1. The maximum Gasteiger partial charge on any atom is 0.311 e. The standard InChI is InChI=1S/C9H15NO3/c1-3-9(8(12)13)5-4-7(11)10(2)6-9/h3-6H2,1-2H3,(H,12,13). The second-order valence-corrected chi connectivity index (χ2v) is 3.69. The fourth-order valence-corrected chi connectivity index (χ4v) is 1.77. The minimum absolute atomic E-state index is 0.0466. The highest BCUT2D eigenvalue weighted by atomic mass is 16.4. The second-order valence-electron chi connectivity index (χ2n) is 3.69. The molecule has 13 heavy (non-hydrogen) atoms. The highest BCUT2D eigenvalue weighted by Crippen LogP contribution is 2.33. The molecule has 0 aromatic rings. The van der Waals surface area contributed by atoms with Crippen LogP contribution in [-0.4, -0.2) is 35.5 Å². The molecule has 1 fully saturated rings. The Labute approximate surface area is 77.5 Å². The second kappa shape index (κ2) is 3.36. The highest BCUT2D eigenvalue weighted by Gasteiger charge is 2.42. The zero-order valence-electron chi connectivity index (χ0n) is 8.04. The summed E-state index contributed by atoms with van der Waals surface area (Å²) in [5.74, 6) is -0.736. The van der Waals surface area contributed by atoms with Gasteiger partial charge < -0.3 is 10.0 Å². The van der Waals surface area contributed by atoms with Gasteiger partial charge in [-0.3, -0.25) is 9.59 Å². The summed E-state index contributed by atoms with van der Waals surface area (Å²) in [5, 5.41) is 9.05. The van der Waals surface area contributed by atoms with E-state index in [1.165, 1.54) is 4.90 Å². The van der Waals surface area contributed by atoms with Crippen LogP contribution in [-0.2, 0) is 9.59 Å². The summed E-state index contributed by atoms with van der Waals surface area (Å²) in [4.78, 5) is 23.7. The van der Waals surface area contributed by atoms with Gasteiger partial charge in [0.1, 0.15) is 0 Å². The van der Waals surface area contributed by atoms with Gasteiger partial charge in [-0.1, -0.05) is 6.92 Å². The summed E-state index contributed by atoms with van der Waals surface area (Å²) in [5.41, 5.74) is -0.706. The van der Waals surface area contributed by atoms with Crippen molar-refractivity contribution in [2.75, 3.05) is 13.6 Å². The van der Waals surface area contributed by atoms with Crippen LogP contribution in [0.4, 0.5) is 0 Å². The maximum absolute atomic E-state index is 11.2. The SMILES string of the molecule is CCC1(C(=O)O)CCC(=O)N(C)C1. The van der Waals surface area contributed by atoms with E-state index in [2.05, 4.69) is 0 Å². The Hall–Kier alpha value is -1.06. The lowest BCUT2D eigenvalue weighted by Gasteiger charge is -2.37. The van der Waals surface area contributed by atoms with E-state index in [1.807, 2.05) is 6.92 Å². The number of nitrogens with zero attached hydrogens (tertiary/aromatic N) is 1. The number of hydrogen-bond acceptors (Lipinski definition) is 2. The Kier molecular flexibility index (Phi) is 2.59. The average Bonchev–Trinajstić information content (AvgIpc) is 2.09. The number of rotatable bonds is 2. The van der Waals surface area contributed by atoms with Crippen LogP contribution in [0, 0.1) is 5.41 Å². The lowest BCUT2D eigenvalue weighted by Crippen LogP contribution is -2.48. The van der Waals surface area contributed by atoms with Gasteiger partial charge in [-0.25, -0.2) is 0 Å². The van der Waals surface area contributed by atoms with E-state index < -0.39 is 11.4 Å². The first-order valence-electron chi connectivity index (χ1n) is 4.49. The first-order valence-corrected chi connectivity index (χ1v) is 4.49. The predicted octanol–water partition coefficient (Wildman–Crippen LogP) is 0.720. The van der Waals surface area contributed by atoms with Crippen LogP contribution >= 0.6 is 0 Å². The lowest BCUT2D eigenvalue weighted by molar-refractivity contribution is -0.156. The van der Waals surface area contributed by atoms with Crippen molar-refractivity contribution >= 4 is 11.9 Å². The molecule has 0 aromatic heterocycles. The molecule has 1 saturated heterocycles. The van der Waals surface area contributed by atoms with Gasteiger partial charge in [-0.05, 0) is 12.8 Å². The van der Waals surface area contributed by atoms with Crippen LogP contribution in [0.1, 0.15) is 26.2 Å². The largest absolute Gasteiger partial charge is 0.481 e. The minimum Gasteiger partial charge on any atom is -0.481 e. The van der Waals surface area contributed by atoms with Crippen molar-refractivity contribution in [3.05, 3.63) is 0 Å². The maximum atomic E-state index is 11.2. The number of carbonyl (C=O) groups excluding carboxylic acids is 1. The third kappa shape index (κ3) is 1.66. The number of likely N-dealkylation sites (tertiary alicyclic amines) is 1. The van der Waals surface area contributed by atoms with Crippen molar-refractivity contribution in [2.24, 2.45) is 5.41 Å². The van der Waals surface area contributed by atoms with Gasteiger partial charge >= 0.3 is 5.97 Å². The molecule has 1 rings (SSSR count). The molecule has 0 bridgehead atoms. The van der Waals surface area contributed by atoms with Crippen molar-refractivity contribution in [2.45, 2.75) is 26.2 Å². The van der Waals surface area contributed by atoms with Crippen molar-refractivity contribution in [3.63, 3.8) is 0 Å². The molecule has 4 heteroatoms. The molecule has 0 aromatic carbocycles. The Balaban J connectivity index is 2.80. The molecule has 1 aliphatic rings. The summed E-state index contributed by atoms with van der Waals surface area (Å²) >= 11 is 0. The van der Waals surface area contributed by atoms with Gasteiger partial charge in [-0.15, -0.1) is 0 Å². The van der Waals surface area contributed by atoms with Crippen molar-refractivity contribution < 1.29 is 14.7 Å². The number of carboxylic acid groups (broad SMARTS) is 1. The van der Waals surface area contributed by atoms with Crippen LogP contribution in [0.2, 0.25) is 0 Å². The topological polar surface area (TPSA) is 57.6 Å². The van der Waals surface area contributed by atoms with Gasteiger partial charge in [0.15, 0.2) is 0 Å². The van der Waals surface area contributed by atoms with Crippen LogP contribution in [0.3, 0.4) is 0 Å². The summed E-state index contributed by atoms with van der Waals surface area (Å²) in [6, 6.07) is 0. The Bertz CT molecular complexity index is 239. The molecular weight excluding hydrogens is 170 g/mol. The monoisotopic (exact) mass is 185 g/mol. The fourth-order valence-electron chi connectivity index (χ4n) is 1.77. The molecule has 1 unspecified atom stereocenters. The average molecular weight is 185 g/mol. The molecule has 1 amide bonds. The van der Waals surface area contributed by atoms with Gasteiger partial charge in [0.25, 0.3) is 0 Å². The number of aliphatic carboxylic acids is 1. The summed E-state index contributed by atoms with van der Waals surface area (Å²) in [6.07, 6.45) is 1.42. The van der Waals surface area contributed by atoms with E-state index in [4.69, 9.17) is 5.11 Å². The molecule has 1 atom stereocenters. The van der Waals surface area contributed by atoms with Gasteiger partial charge in [0, 0.05) is 20.0 Å². The van der Waals surface area contributed by atoms with Gasteiger partial charge in [-0.2, -0.15) is 0 Å². The smallest absolute Gasteiger partial charge is 0.311 e. The lowest BCUT2D eigenvalue weighted by atomic mass is 9.77. The van der Waals surface area contributed by atoms with Crippen LogP contribution in [0.25, 0.3) is 0 Å². The zero-order valence-corrected chi connectivity index (χ0v) is 8.04. The zero-order chi connectivity index (χ0) is 10.1. The van der Waals surface area contributed by atoms with E-state index in [1.54, 1.807) is 7.05 Å². The molecule has 4 nitrogen and oxygen atoms in total. The first-order chi connectivity index (χ1) is 6.02. The van der Waals surface area contributed by atoms with Crippen molar-refractivity contribution in [1.29, 1.82) is 0 Å². The third-order valence-corrected chi connectivity index (χ3v) is 2.91. The van der Waals surface area contributed by atoms with Crippen LogP contribution < -0.4 is 0 Å². The molecule has 0 saturated carbocycles. The molecule has 1 N–H and O–H groups in total. The third-order valence-electron chi connectivity index (χ3n) is 2.91. The van der Waals surface area contributed by atoms with Crippen molar-refractivity contribution in [3.8, 4) is 0 Å². The van der Waals surface area contributed by atoms with Gasteiger partial charge in [0.05, 0.1) is 5.41 Å². The molecule has 0 radical (unpaired) electrons. The molecule has 0 aliphatic carbocycles. The van der Waals surface area contributed by atoms with E-state index in [-0.39, 0.29) is 5.91 Å². The molecule has 1 aliphatic heterocycles. The minimum atomic E-state index is -0.783. The number of carboxylic acids is 1. The summed E-state index contributed by atoms with van der Waals surface area (Å²) in [6.45, 7) is 2.20. The summed E-state index contributed by atoms with van der Waals surface area (Å²) < 4.78 is 0. The Morgan fingerprint density at radius 3 is 2.69 bits per heavy atom. The van der Waals surface area contributed by atoms with Crippen LogP contribution in [0.15, 0.2) is 0 Å². The number of carbonyl (C=O) groups is 2. The first kappa shape index (κ1) is 10.0. The predicted molar refractivity (Wildman–Crippen MR) is 47.2 cm³/mol. The quantitative estimate of drug-likeness (QED) is 0.689. The summed E-state index contributed by atoms with van der Waals surface area (Å²) in [7, 11) is 1.66. The van der Waals surface area contributed by atoms with E-state index in [0.717, 1.165) is 0 Å². The fraction of sp³-hybridized carbons (Fsp3) is 0.778. The number of amides is 1.